The number of nitrogens with one attached hydrogen (secondary N) is 4. The maximum absolute atomic E-state index is 13.3. The molecule has 0 aliphatic heterocycles. The third-order valence-electron chi connectivity index (χ3n) is 14.8. The van der Waals surface area contributed by atoms with E-state index < -0.39 is 92.6 Å². The highest BCUT2D eigenvalue weighted by atomic mass is 32.2. The van der Waals surface area contributed by atoms with E-state index in [1.807, 2.05) is 27.7 Å². The molecule has 0 heterocycles. The van der Waals surface area contributed by atoms with Crippen LogP contribution in [0.5, 0.6) is 46.0 Å². The molecule has 0 bridgehead atoms. The Morgan fingerprint density at radius 3 is 0.860 bits per heavy atom. The summed E-state index contributed by atoms with van der Waals surface area (Å²) in [5.74, 6) is -2.55. The first-order valence-corrected chi connectivity index (χ1v) is 40.1. The summed E-state index contributed by atoms with van der Waals surface area (Å²) in [7, 11) is -17.2. The smallest absolute Gasteiger partial charge is 0.338 e. The van der Waals surface area contributed by atoms with Crippen molar-refractivity contribution in [2.45, 2.75) is 125 Å². The highest BCUT2D eigenvalue weighted by molar-refractivity contribution is 7.90. The number of carbonyl (C=O) groups is 4. The number of hydrogen-bond donors (Lipinski definition) is 10. The number of carboxylic acids is 1. The maximum atomic E-state index is 13.3. The van der Waals surface area contributed by atoms with E-state index in [9.17, 15) is 63.1 Å². The van der Waals surface area contributed by atoms with E-state index in [0.29, 0.717) is 54.9 Å². The van der Waals surface area contributed by atoms with Gasteiger partial charge in [0, 0.05) is 26.2 Å². The Kier molecular flexibility index (Phi) is 32.7. The van der Waals surface area contributed by atoms with E-state index >= 15 is 0 Å². The van der Waals surface area contributed by atoms with Gasteiger partial charge < -0.3 is 64.6 Å². The van der Waals surface area contributed by atoms with Crippen molar-refractivity contribution in [1.82, 2.24) is 0 Å². The Morgan fingerprint density at radius 1 is 0.374 bits per heavy atom. The Hall–Kier alpha value is -10.4. The Labute approximate surface area is 623 Å². The predicted octanol–water partition coefficient (Wildman–Crippen LogP) is 12.3. The van der Waals surface area contributed by atoms with Crippen molar-refractivity contribution < 1.29 is 96.2 Å². The summed E-state index contributed by atoms with van der Waals surface area (Å²) in [6.45, 7) is 12.2. The molecule has 8 aromatic carbocycles. The van der Waals surface area contributed by atoms with E-state index in [4.69, 9.17) is 53.7 Å². The number of carboxylic acid groups (broad SMARTS) is 1. The second kappa shape index (κ2) is 40.9. The molecule has 107 heavy (non-hydrogen) atoms. The van der Waals surface area contributed by atoms with Crippen LogP contribution < -0.4 is 60.8 Å². The molecule has 2 unspecified atom stereocenters. The highest BCUT2D eigenvalue weighted by Gasteiger charge is 2.30. The second-order valence-corrected chi connectivity index (χ2v) is 30.1. The third-order valence-corrected chi connectivity index (χ3v) is 18.5. The van der Waals surface area contributed by atoms with Crippen LogP contribution in [0.1, 0.15) is 134 Å². The van der Waals surface area contributed by atoms with Crippen LogP contribution in [0.4, 0.5) is 22.7 Å². The average Bonchev–Trinajstić information content (AvgIpc) is 0.797. The minimum Gasteiger partial charge on any atom is -0.478 e. The van der Waals surface area contributed by atoms with Gasteiger partial charge in [-0.25, -0.2) is 73.4 Å². The van der Waals surface area contributed by atoms with Gasteiger partial charge in [0.05, 0.1) is 51.1 Å². The van der Waals surface area contributed by atoms with Crippen molar-refractivity contribution in [2.24, 2.45) is 20.6 Å². The molecule has 0 aliphatic carbocycles. The number of primary sulfonamides is 4. The number of benzene rings is 8. The first-order valence-electron chi connectivity index (χ1n) is 33.9. The number of para-hydroxylation sites is 4. The van der Waals surface area contributed by atoms with Crippen LogP contribution in [-0.2, 0) is 54.3 Å². The highest BCUT2D eigenvalue weighted by Crippen LogP contribution is 2.42. The Balaban J connectivity index is 0.000000278. The van der Waals surface area contributed by atoms with Gasteiger partial charge in [0.25, 0.3) is 0 Å². The molecule has 0 spiro atoms. The topological polar surface area (TPSA) is 462 Å². The molecule has 0 amide bonds. The summed E-state index contributed by atoms with van der Waals surface area (Å²) in [6, 6.07) is 44.0. The van der Waals surface area contributed by atoms with E-state index in [2.05, 4.69) is 21.3 Å². The first-order chi connectivity index (χ1) is 50.7. The zero-order valence-electron chi connectivity index (χ0n) is 59.8. The average molecular weight is 1560 g/mol. The fourth-order valence-electron chi connectivity index (χ4n) is 9.54. The van der Waals surface area contributed by atoms with Gasteiger partial charge in [-0.3, -0.25) is 0 Å². The fourth-order valence-corrected chi connectivity index (χ4v) is 12.3. The number of carbonyl (C=O) groups excluding carboxylic acids is 3. The fraction of sp³-hybridized carbons (Fsp3) is 0.297. The zero-order chi connectivity index (χ0) is 78.5. The van der Waals surface area contributed by atoms with E-state index in [0.717, 1.165) is 75.6 Å². The number of aliphatic hydroxyl groups excluding tert-OH is 1. The number of ether oxygens (including phenoxy) is 7. The number of aromatic carboxylic acids is 1. The van der Waals surface area contributed by atoms with Crippen molar-refractivity contribution in [1.29, 1.82) is 0 Å². The lowest BCUT2D eigenvalue weighted by atomic mass is 10.1. The molecule has 8 rings (SSSR count). The van der Waals surface area contributed by atoms with Gasteiger partial charge in [0.2, 0.25) is 40.1 Å². The van der Waals surface area contributed by atoms with Gasteiger partial charge >= 0.3 is 23.9 Å². The molecule has 14 N–H and O–H groups in total. The number of aliphatic hydroxyl groups is 1. The quantitative estimate of drug-likeness (QED) is 0.00982. The van der Waals surface area contributed by atoms with Gasteiger partial charge in [-0.2, -0.15) is 0 Å². The molecular formula is C74H90N8O21S4. The predicted molar refractivity (Wildman–Crippen MR) is 405 cm³/mol. The number of esters is 3. The monoisotopic (exact) mass is 1550 g/mol. The van der Waals surface area contributed by atoms with Crippen molar-refractivity contribution in [3.8, 4) is 46.0 Å². The summed E-state index contributed by atoms with van der Waals surface area (Å²) < 4.78 is 139. The molecule has 33 heteroatoms. The lowest BCUT2D eigenvalue weighted by molar-refractivity contribution is 0.00444. The minimum absolute atomic E-state index is 0.00174. The van der Waals surface area contributed by atoms with Crippen molar-refractivity contribution in [2.75, 3.05) is 60.7 Å². The molecule has 0 saturated carbocycles. The van der Waals surface area contributed by atoms with E-state index in [1.54, 1.807) is 121 Å². The SMILES string of the molecule is CCCCNc1cc(C(=O)O)cc(S(N)(=O)=O)c1Oc1ccccc1.CCCCNc1cc(C(=O)OCC(C)O)cc(S(N)(=O)=O)c1Oc1ccccc1.CCCCNc1cc(C(=O)OCC(C)OC(=O)c2cc(NCCCC)c(Oc3ccccc3)c(S(N)(=O)=O)c2)cc(S(N)(=O)=O)c1Oc1ccccc1. The number of rotatable bonds is 37. The molecule has 0 radical (unpaired) electrons. The van der Waals surface area contributed by atoms with Crippen LogP contribution in [0.2, 0.25) is 0 Å². The molecule has 0 fully saturated rings. The van der Waals surface area contributed by atoms with Crippen LogP contribution in [0.25, 0.3) is 0 Å². The molecule has 0 saturated heterocycles. The third kappa shape index (κ3) is 27.2. The molecule has 29 nitrogen and oxygen atoms in total. The van der Waals surface area contributed by atoms with Crippen LogP contribution >= 0.6 is 0 Å². The lowest BCUT2D eigenvalue weighted by Crippen LogP contribution is -2.23. The Bertz CT molecular complexity index is 4780. The van der Waals surface area contributed by atoms with Crippen LogP contribution in [0.3, 0.4) is 0 Å². The molecule has 8 aromatic rings. The summed E-state index contributed by atoms with van der Waals surface area (Å²) >= 11 is 0. The van der Waals surface area contributed by atoms with Crippen molar-refractivity contribution in [3.05, 3.63) is 192 Å². The number of hydrogen-bond acceptors (Lipinski definition) is 24. The molecule has 0 aromatic heterocycles. The van der Waals surface area contributed by atoms with E-state index in [1.165, 1.54) is 38.1 Å². The van der Waals surface area contributed by atoms with Crippen LogP contribution in [-0.4, -0.2) is 119 Å². The maximum Gasteiger partial charge on any atom is 0.338 e. The van der Waals surface area contributed by atoms with Gasteiger partial charge in [0.1, 0.15) is 61.9 Å². The number of anilines is 4. The number of sulfonamides is 4. The van der Waals surface area contributed by atoms with Crippen LogP contribution in [0, 0.1) is 0 Å². The molecule has 576 valence electrons. The van der Waals surface area contributed by atoms with Crippen molar-refractivity contribution in [3.63, 3.8) is 0 Å². The number of unbranched alkanes of at least 4 members (excludes halogenated alkanes) is 4. The molecule has 2 atom stereocenters. The Morgan fingerprint density at radius 2 is 0.617 bits per heavy atom. The largest absolute Gasteiger partial charge is 0.478 e. The summed E-state index contributed by atoms with van der Waals surface area (Å²) in [4.78, 5) is 48.7. The zero-order valence-corrected chi connectivity index (χ0v) is 63.1. The van der Waals surface area contributed by atoms with Gasteiger partial charge in [-0.15, -0.1) is 0 Å². The normalized spacial score (nSPS) is 11.9. The lowest BCUT2D eigenvalue weighted by Gasteiger charge is -2.19. The van der Waals surface area contributed by atoms with Gasteiger partial charge in [-0.1, -0.05) is 126 Å². The minimum atomic E-state index is -4.40. The van der Waals surface area contributed by atoms with Crippen molar-refractivity contribution >= 4 is 86.7 Å². The number of nitrogens with two attached hydrogens (primary N) is 4. The second-order valence-electron chi connectivity index (χ2n) is 23.9. The summed E-state index contributed by atoms with van der Waals surface area (Å²) in [6.07, 6.45) is 4.78. The molecular weight excluding hydrogens is 1470 g/mol. The molecule has 0 aliphatic rings. The van der Waals surface area contributed by atoms with Crippen LogP contribution in [0.15, 0.2) is 189 Å². The summed E-state index contributed by atoms with van der Waals surface area (Å²) in [5.41, 5.74) is 0.460. The van der Waals surface area contributed by atoms with E-state index in [-0.39, 0.29) is 78.7 Å². The standard InChI is InChI=1S/C37H44N4O10S2.C20H26N2O6S.C17H20N2O5S/c1-4-6-18-40-30-20-26(22-32(52(38,44)45)34(30)50-28-14-10-8-11-15-28)36(42)48-24-25(3)49-37(43)27-21-31(41-19-7-5-2)35(33(23-27)53(39,46)47)51-29-16-12-9-13-17-29;1-3-4-10-22-17-11-15(20(24)27-13-14(2)23)12-18(29(21,25)26)19(17)28-16-8-6-5-7-9-16;1-2-3-9-19-14-10-12(17(20)21)11-15(25(18,22)23)16(14)24-13-7-5-4-6-8-13/h8-17,20-23,25,40-41H,4-7,18-19,24H2,1-3H3,(H2,38,44,45)(H2,39,46,47);5-9,11-12,14,22-23H,3-4,10,13H2,1-2H3,(H2,21,25,26);4-8,10-11,19H,2-3,9H2,1H3,(H,20,21)(H2,18,22,23). The van der Waals surface area contributed by atoms with Gasteiger partial charge in [0.15, 0.2) is 23.0 Å². The first kappa shape index (κ1) is 85.6. The summed E-state index contributed by atoms with van der Waals surface area (Å²) in [5, 5.41) is 52.7. The van der Waals surface area contributed by atoms with Gasteiger partial charge in [-0.05, 0) is 137 Å².